The van der Waals surface area contributed by atoms with Crippen LogP contribution in [0.2, 0.25) is 0 Å². The number of ether oxygens (including phenoxy) is 3. The zero-order chi connectivity index (χ0) is 28.0. The lowest BCUT2D eigenvalue weighted by atomic mass is 9.98. The molecule has 0 radical (unpaired) electrons. The molecule has 2 aliphatic rings. The number of fused-ring (bicyclic) bond motifs is 1. The highest BCUT2D eigenvalue weighted by molar-refractivity contribution is 7.93. The number of rotatable bonds is 10. The third kappa shape index (κ3) is 4.90. The molecule has 1 atom stereocenters. The van der Waals surface area contributed by atoms with E-state index in [1.54, 1.807) is 24.3 Å². The number of likely N-dealkylation sites (tertiary alicyclic amines) is 1. The molecule has 0 bridgehead atoms. The Kier molecular flexibility index (Phi) is 6.70. The fraction of sp³-hybridized carbons (Fsp3) is 0.407. The fourth-order valence-electron chi connectivity index (χ4n) is 5.23. The van der Waals surface area contributed by atoms with Gasteiger partial charge in [0, 0.05) is 30.3 Å². The highest BCUT2D eigenvalue weighted by Gasteiger charge is 2.31. The monoisotopic (exact) mass is 568 g/mol. The zero-order valence-electron chi connectivity index (χ0n) is 22.8. The van der Waals surface area contributed by atoms with Crippen molar-refractivity contribution in [1.29, 1.82) is 0 Å². The second-order valence-corrected chi connectivity index (χ2v) is 11.9. The van der Waals surface area contributed by atoms with Crippen LogP contribution >= 0.6 is 0 Å². The minimum absolute atomic E-state index is 0.0150. The van der Waals surface area contributed by atoms with Crippen molar-refractivity contribution >= 4 is 38.3 Å². The third-order valence-corrected chi connectivity index (χ3v) is 8.92. The summed E-state index contributed by atoms with van der Waals surface area (Å²) in [6, 6.07) is 8.87. The van der Waals surface area contributed by atoms with Crippen LogP contribution in [-0.4, -0.2) is 70.1 Å². The van der Waals surface area contributed by atoms with Gasteiger partial charge in [-0.05, 0) is 62.5 Å². The molecule has 6 rings (SSSR count). The van der Waals surface area contributed by atoms with Crippen molar-refractivity contribution in [2.45, 2.75) is 36.0 Å². The molecule has 2 aromatic carbocycles. The number of nitrogens with zero attached hydrogens (tertiary/aromatic N) is 3. The van der Waals surface area contributed by atoms with Gasteiger partial charge >= 0.3 is 0 Å². The van der Waals surface area contributed by atoms with Gasteiger partial charge in [-0.2, -0.15) is 5.10 Å². The lowest BCUT2D eigenvalue weighted by Gasteiger charge is -2.18. The van der Waals surface area contributed by atoms with Gasteiger partial charge in [-0.3, -0.25) is 9.82 Å². The van der Waals surface area contributed by atoms with Crippen LogP contribution < -0.4 is 24.2 Å². The summed E-state index contributed by atoms with van der Waals surface area (Å²) in [7, 11) is 2.28. The van der Waals surface area contributed by atoms with Crippen molar-refractivity contribution in [3.8, 4) is 17.2 Å². The molecule has 1 saturated heterocycles. The van der Waals surface area contributed by atoms with E-state index in [2.05, 4.69) is 37.3 Å². The zero-order valence-corrected chi connectivity index (χ0v) is 23.6. The van der Waals surface area contributed by atoms with Crippen LogP contribution in [0.1, 0.15) is 42.4 Å². The molecule has 0 amide bonds. The Hall–Kier alpha value is -3.97. The number of benzene rings is 2. The molecule has 1 aliphatic carbocycles. The largest absolute Gasteiger partial charge is 0.495 e. The van der Waals surface area contributed by atoms with Gasteiger partial charge < -0.3 is 29.0 Å². The molecule has 13 heteroatoms. The van der Waals surface area contributed by atoms with Gasteiger partial charge in [0.15, 0.2) is 22.1 Å². The van der Waals surface area contributed by atoms with Crippen LogP contribution in [-0.2, 0) is 10.0 Å². The molecule has 212 valence electrons. The third-order valence-electron chi connectivity index (χ3n) is 7.52. The minimum atomic E-state index is -4.19. The summed E-state index contributed by atoms with van der Waals surface area (Å²) in [6.45, 7) is 1.85. The molecular weight excluding hydrogens is 536 g/mol. The summed E-state index contributed by atoms with van der Waals surface area (Å²) in [5, 5.41) is 15.1. The second kappa shape index (κ2) is 10.2. The summed E-state index contributed by atoms with van der Waals surface area (Å²) < 4.78 is 52.1. The van der Waals surface area contributed by atoms with Crippen molar-refractivity contribution in [2.75, 3.05) is 51.5 Å². The number of likely N-dealkylation sites (N-methyl/N-ethyl adjacent to an activating group) is 1. The van der Waals surface area contributed by atoms with Gasteiger partial charge in [-0.25, -0.2) is 8.42 Å². The topological polar surface area (TPSA) is 144 Å². The van der Waals surface area contributed by atoms with E-state index < -0.39 is 10.0 Å². The Bertz CT molecular complexity index is 1640. The van der Waals surface area contributed by atoms with Gasteiger partial charge in [0.2, 0.25) is 0 Å². The molecule has 1 aliphatic heterocycles. The fourth-order valence-corrected chi connectivity index (χ4v) is 6.55. The number of aromatic amines is 1. The summed E-state index contributed by atoms with van der Waals surface area (Å²) in [6.07, 6.45) is 3.29. The average Bonchev–Trinajstić information content (AvgIpc) is 3.34. The molecule has 2 aromatic heterocycles. The minimum Gasteiger partial charge on any atom is -0.495 e. The van der Waals surface area contributed by atoms with Crippen molar-refractivity contribution < 1.29 is 27.2 Å². The number of sulfonamides is 1. The molecule has 40 heavy (non-hydrogen) atoms. The van der Waals surface area contributed by atoms with E-state index >= 15 is 0 Å². The molecule has 1 unspecified atom stereocenters. The lowest BCUT2D eigenvalue weighted by Crippen LogP contribution is -2.17. The van der Waals surface area contributed by atoms with Gasteiger partial charge in [-0.15, -0.1) is 0 Å². The highest BCUT2D eigenvalue weighted by atomic mass is 32.2. The molecule has 3 heterocycles. The van der Waals surface area contributed by atoms with E-state index in [1.807, 2.05) is 6.07 Å². The number of hydrogen-bond acceptors (Lipinski definition) is 10. The first-order valence-electron chi connectivity index (χ1n) is 13.1. The second-order valence-electron chi connectivity index (χ2n) is 10.3. The van der Waals surface area contributed by atoms with E-state index in [1.165, 1.54) is 21.3 Å². The van der Waals surface area contributed by atoms with Crippen molar-refractivity contribution in [1.82, 2.24) is 20.3 Å². The van der Waals surface area contributed by atoms with Crippen molar-refractivity contribution in [3.63, 3.8) is 0 Å². The Morgan fingerprint density at radius 3 is 2.33 bits per heavy atom. The lowest BCUT2D eigenvalue weighted by molar-refractivity contribution is 0.371. The first-order valence-corrected chi connectivity index (χ1v) is 14.5. The molecule has 4 aromatic rings. The number of aromatic nitrogens is 3. The highest BCUT2D eigenvalue weighted by Crippen LogP contribution is 2.42. The van der Waals surface area contributed by atoms with Crippen LogP contribution in [0.4, 0.5) is 17.3 Å². The summed E-state index contributed by atoms with van der Waals surface area (Å²) >= 11 is 0. The average molecular weight is 569 g/mol. The Morgan fingerprint density at radius 2 is 1.70 bits per heavy atom. The predicted molar refractivity (Wildman–Crippen MR) is 150 cm³/mol. The molecular formula is C27H32N6O6S. The van der Waals surface area contributed by atoms with Crippen LogP contribution in [0.15, 0.2) is 39.8 Å². The van der Waals surface area contributed by atoms with E-state index in [4.69, 9.17) is 18.7 Å². The molecule has 12 nitrogen and oxygen atoms in total. The van der Waals surface area contributed by atoms with E-state index in [-0.39, 0.29) is 28.1 Å². The van der Waals surface area contributed by atoms with E-state index in [0.717, 1.165) is 43.6 Å². The standard InChI is InChI=1S/C27H32N6O6S/c1-33-8-7-16(14-33)17-9-23(37-3)26(24(10-17)38-4)40(34,35)32-27-18-11-22(36-2)20(12-21(18)39-31-27)28-25-13-19(29-30-25)15-5-6-15/h9-13,15-16H,5-8,14H2,1-4H3,(H,31,32)(H2,28,29,30). The Labute approximate surface area is 232 Å². The van der Waals surface area contributed by atoms with E-state index in [0.29, 0.717) is 34.1 Å². The molecule has 0 spiro atoms. The SMILES string of the molecule is COc1cc2c(NS(=O)(=O)c3c(OC)cc(C4CCN(C)C4)cc3OC)noc2cc1Nc1cc(C2CC2)[nH]n1. The normalized spacial score (nSPS) is 17.8. The maximum atomic E-state index is 13.7. The maximum Gasteiger partial charge on any atom is 0.270 e. The predicted octanol–water partition coefficient (Wildman–Crippen LogP) is 4.42. The van der Waals surface area contributed by atoms with Gasteiger partial charge in [0.25, 0.3) is 10.0 Å². The van der Waals surface area contributed by atoms with Crippen molar-refractivity contribution in [3.05, 3.63) is 41.6 Å². The summed E-state index contributed by atoms with van der Waals surface area (Å²) in [4.78, 5) is 2.13. The first-order chi connectivity index (χ1) is 19.3. The smallest absolute Gasteiger partial charge is 0.270 e. The Balaban J connectivity index is 1.31. The Morgan fingerprint density at radius 1 is 0.975 bits per heavy atom. The molecule has 2 fully saturated rings. The van der Waals surface area contributed by atoms with Gasteiger partial charge in [0.05, 0.1) is 32.4 Å². The number of H-pyrrole nitrogens is 1. The molecule has 3 N–H and O–H groups in total. The number of methoxy groups -OCH3 is 3. The number of nitrogens with one attached hydrogen (secondary N) is 3. The molecule has 1 saturated carbocycles. The van der Waals surface area contributed by atoms with Crippen LogP contribution in [0.3, 0.4) is 0 Å². The van der Waals surface area contributed by atoms with Crippen LogP contribution in [0.5, 0.6) is 17.2 Å². The summed E-state index contributed by atoms with van der Waals surface area (Å²) in [5.41, 5.74) is 3.02. The maximum absolute atomic E-state index is 13.7. The number of anilines is 3. The van der Waals surface area contributed by atoms with Crippen molar-refractivity contribution in [2.24, 2.45) is 0 Å². The summed E-state index contributed by atoms with van der Waals surface area (Å²) in [5.74, 6) is 2.31. The quantitative estimate of drug-likeness (QED) is 0.251. The van der Waals surface area contributed by atoms with Gasteiger partial charge in [0.1, 0.15) is 17.2 Å². The van der Waals surface area contributed by atoms with Crippen LogP contribution in [0.25, 0.3) is 11.0 Å². The van der Waals surface area contributed by atoms with Crippen LogP contribution in [0, 0.1) is 0 Å². The van der Waals surface area contributed by atoms with E-state index in [9.17, 15) is 8.42 Å². The number of hydrogen-bond donors (Lipinski definition) is 3. The van der Waals surface area contributed by atoms with Gasteiger partial charge in [-0.1, -0.05) is 5.16 Å². The first kappa shape index (κ1) is 26.3.